The number of carbonyl (C=O) groups excluding carboxylic acids is 1. The van der Waals surface area contributed by atoms with Gasteiger partial charge in [-0.2, -0.15) is 0 Å². The number of carbonyl (C=O) groups is 1. The van der Waals surface area contributed by atoms with Crippen LogP contribution in [0.5, 0.6) is 5.75 Å². The van der Waals surface area contributed by atoms with E-state index in [4.69, 9.17) is 10.5 Å². The van der Waals surface area contributed by atoms with Crippen LogP contribution >= 0.6 is 22.6 Å². The van der Waals surface area contributed by atoms with Gasteiger partial charge in [-0.05, 0) is 59.0 Å². The lowest BCUT2D eigenvalue weighted by Gasteiger charge is -2.11. The van der Waals surface area contributed by atoms with E-state index in [0.29, 0.717) is 20.6 Å². The van der Waals surface area contributed by atoms with Crippen molar-refractivity contribution in [1.29, 1.82) is 0 Å². The van der Waals surface area contributed by atoms with Gasteiger partial charge < -0.3 is 15.8 Å². The molecule has 0 saturated heterocycles. The predicted molar refractivity (Wildman–Crippen MR) is 87.7 cm³/mol. The SMILES string of the molecule is COc1ccc(N)cc1CNC(=O)c1ccc(F)cc1I. The number of benzene rings is 2. The van der Waals surface area contributed by atoms with Gasteiger partial charge in [-0.25, -0.2) is 4.39 Å². The molecule has 0 aliphatic heterocycles. The molecule has 0 spiro atoms. The molecular formula is C15H14FIN2O2. The van der Waals surface area contributed by atoms with Crippen molar-refractivity contribution in [2.24, 2.45) is 0 Å². The third-order valence-corrected chi connectivity index (χ3v) is 3.81. The predicted octanol–water partition coefficient (Wildman–Crippen LogP) is 2.95. The Hall–Kier alpha value is -1.83. The van der Waals surface area contributed by atoms with Gasteiger partial charge in [0.15, 0.2) is 0 Å². The number of nitrogens with one attached hydrogen (secondary N) is 1. The Morgan fingerprint density at radius 3 is 2.76 bits per heavy atom. The van der Waals surface area contributed by atoms with E-state index in [1.165, 1.54) is 18.2 Å². The third-order valence-electron chi connectivity index (χ3n) is 2.92. The molecule has 0 bridgehead atoms. The molecule has 4 nitrogen and oxygen atoms in total. The van der Waals surface area contributed by atoms with Crippen LogP contribution in [0.3, 0.4) is 0 Å². The highest BCUT2D eigenvalue weighted by Crippen LogP contribution is 2.21. The number of rotatable bonds is 4. The Morgan fingerprint density at radius 1 is 1.33 bits per heavy atom. The molecule has 2 rings (SSSR count). The fraction of sp³-hybridized carbons (Fsp3) is 0.133. The minimum Gasteiger partial charge on any atom is -0.496 e. The van der Waals surface area contributed by atoms with Crippen LogP contribution in [0.1, 0.15) is 15.9 Å². The van der Waals surface area contributed by atoms with Crippen LogP contribution < -0.4 is 15.8 Å². The number of nitrogen functional groups attached to an aromatic ring is 1. The number of ether oxygens (including phenoxy) is 1. The summed E-state index contributed by atoms with van der Waals surface area (Å²) in [4.78, 5) is 12.1. The molecule has 3 N–H and O–H groups in total. The molecule has 6 heteroatoms. The Balaban J connectivity index is 2.12. The highest BCUT2D eigenvalue weighted by molar-refractivity contribution is 14.1. The molecule has 0 atom stereocenters. The lowest BCUT2D eigenvalue weighted by Crippen LogP contribution is -2.24. The first-order valence-electron chi connectivity index (χ1n) is 6.17. The topological polar surface area (TPSA) is 64.3 Å². The molecule has 1 amide bonds. The van der Waals surface area contributed by atoms with Crippen LogP contribution in [-0.2, 0) is 6.54 Å². The van der Waals surface area contributed by atoms with Gasteiger partial charge in [0.1, 0.15) is 11.6 Å². The Labute approximate surface area is 135 Å². The van der Waals surface area contributed by atoms with Gasteiger partial charge in [-0.1, -0.05) is 0 Å². The van der Waals surface area contributed by atoms with E-state index in [1.807, 2.05) is 22.6 Å². The van der Waals surface area contributed by atoms with Gasteiger partial charge in [0.25, 0.3) is 5.91 Å². The van der Waals surface area contributed by atoms with Gasteiger partial charge in [0, 0.05) is 21.4 Å². The van der Waals surface area contributed by atoms with E-state index in [2.05, 4.69) is 5.32 Å². The summed E-state index contributed by atoms with van der Waals surface area (Å²) in [5.41, 5.74) is 7.53. The summed E-state index contributed by atoms with van der Waals surface area (Å²) in [6.45, 7) is 0.278. The lowest BCUT2D eigenvalue weighted by atomic mass is 10.1. The standard InChI is InChI=1S/C15H14FIN2O2/c1-21-14-5-3-11(18)6-9(14)8-19-15(20)12-4-2-10(16)7-13(12)17/h2-7H,8,18H2,1H3,(H,19,20). The van der Waals surface area contributed by atoms with E-state index < -0.39 is 0 Å². The molecule has 0 heterocycles. The van der Waals surface area contributed by atoms with Crippen molar-refractivity contribution >= 4 is 34.2 Å². The van der Waals surface area contributed by atoms with Crippen LogP contribution in [0, 0.1) is 9.39 Å². The molecule has 110 valence electrons. The molecular weight excluding hydrogens is 386 g/mol. The maximum absolute atomic E-state index is 13.0. The number of anilines is 1. The number of nitrogens with two attached hydrogens (primary N) is 1. The normalized spacial score (nSPS) is 10.2. The molecule has 0 fully saturated rings. The first-order valence-corrected chi connectivity index (χ1v) is 7.25. The quantitative estimate of drug-likeness (QED) is 0.613. The molecule has 0 aromatic heterocycles. The van der Waals surface area contributed by atoms with Gasteiger partial charge in [-0.3, -0.25) is 4.79 Å². The summed E-state index contributed by atoms with van der Waals surface area (Å²) in [7, 11) is 1.56. The fourth-order valence-electron chi connectivity index (χ4n) is 1.88. The summed E-state index contributed by atoms with van der Waals surface area (Å²) in [6.07, 6.45) is 0. The lowest BCUT2D eigenvalue weighted by molar-refractivity contribution is 0.0949. The fourth-order valence-corrected chi connectivity index (χ4v) is 2.60. The number of halogens is 2. The molecule has 2 aromatic carbocycles. The summed E-state index contributed by atoms with van der Waals surface area (Å²) < 4.78 is 18.8. The zero-order chi connectivity index (χ0) is 15.4. The highest BCUT2D eigenvalue weighted by Gasteiger charge is 2.11. The summed E-state index contributed by atoms with van der Waals surface area (Å²) in [5.74, 6) is 0.00985. The second-order valence-electron chi connectivity index (χ2n) is 4.38. The Morgan fingerprint density at radius 2 is 2.10 bits per heavy atom. The Kier molecular flexibility index (Phi) is 5.00. The zero-order valence-corrected chi connectivity index (χ0v) is 13.5. The second kappa shape index (κ2) is 6.75. The van der Waals surface area contributed by atoms with E-state index in [1.54, 1.807) is 25.3 Å². The van der Waals surface area contributed by atoms with E-state index in [9.17, 15) is 9.18 Å². The second-order valence-corrected chi connectivity index (χ2v) is 5.54. The van der Waals surface area contributed by atoms with Crippen LogP contribution in [-0.4, -0.2) is 13.0 Å². The molecule has 0 radical (unpaired) electrons. The molecule has 0 aliphatic carbocycles. The summed E-state index contributed by atoms with van der Waals surface area (Å²) >= 11 is 1.93. The van der Waals surface area contributed by atoms with Crippen molar-refractivity contribution in [3.8, 4) is 5.75 Å². The van der Waals surface area contributed by atoms with Gasteiger partial charge in [-0.15, -0.1) is 0 Å². The first-order chi connectivity index (χ1) is 10.0. The van der Waals surface area contributed by atoms with Crippen LogP contribution in [0.15, 0.2) is 36.4 Å². The average molecular weight is 400 g/mol. The molecule has 2 aromatic rings. The van der Waals surface area contributed by atoms with Crippen molar-refractivity contribution in [3.05, 3.63) is 56.9 Å². The summed E-state index contributed by atoms with van der Waals surface area (Å²) in [6, 6.07) is 9.26. The number of hydrogen-bond acceptors (Lipinski definition) is 3. The smallest absolute Gasteiger partial charge is 0.252 e. The van der Waals surface area contributed by atoms with Crippen molar-refractivity contribution < 1.29 is 13.9 Å². The van der Waals surface area contributed by atoms with Crippen LogP contribution in [0.25, 0.3) is 0 Å². The van der Waals surface area contributed by atoms with Crippen molar-refractivity contribution in [1.82, 2.24) is 5.32 Å². The molecule has 0 saturated carbocycles. The van der Waals surface area contributed by atoms with E-state index in [0.717, 1.165) is 5.56 Å². The average Bonchev–Trinajstić information content (AvgIpc) is 2.45. The Bertz CT molecular complexity index is 677. The van der Waals surface area contributed by atoms with Gasteiger partial charge in [0.2, 0.25) is 0 Å². The number of hydrogen-bond donors (Lipinski definition) is 2. The van der Waals surface area contributed by atoms with Crippen LogP contribution in [0.2, 0.25) is 0 Å². The van der Waals surface area contributed by atoms with Crippen molar-refractivity contribution in [3.63, 3.8) is 0 Å². The maximum atomic E-state index is 13.0. The van der Waals surface area contributed by atoms with Gasteiger partial charge in [0.05, 0.1) is 12.7 Å². The van der Waals surface area contributed by atoms with Crippen LogP contribution in [0.4, 0.5) is 10.1 Å². The molecule has 21 heavy (non-hydrogen) atoms. The first kappa shape index (κ1) is 15.6. The molecule has 0 aliphatic rings. The number of methoxy groups -OCH3 is 1. The monoisotopic (exact) mass is 400 g/mol. The maximum Gasteiger partial charge on any atom is 0.252 e. The molecule has 0 unspecified atom stereocenters. The third kappa shape index (κ3) is 3.84. The zero-order valence-electron chi connectivity index (χ0n) is 11.3. The summed E-state index contributed by atoms with van der Waals surface area (Å²) in [5, 5.41) is 2.78. The highest BCUT2D eigenvalue weighted by atomic mass is 127. The van der Waals surface area contributed by atoms with E-state index in [-0.39, 0.29) is 18.3 Å². The minimum absolute atomic E-state index is 0.274. The minimum atomic E-state index is -0.367. The van der Waals surface area contributed by atoms with Crippen molar-refractivity contribution in [2.45, 2.75) is 6.54 Å². The number of amides is 1. The van der Waals surface area contributed by atoms with E-state index >= 15 is 0 Å². The van der Waals surface area contributed by atoms with Crippen molar-refractivity contribution in [2.75, 3.05) is 12.8 Å². The van der Waals surface area contributed by atoms with Gasteiger partial charge >= 0.3 is 0 Å². The largest absolute Gasteiger partial charge is 0.496 e.